The minimum absolute atomic E-state index is 0.127. The maximum atomic E-state index is 12.3. The van der Waals surface area contributed by atoms with Gasteiger partial charge < -0.3 is 24.5 Å². The second-order valence-corrected chi connectivity index (χ2v) is 5.82. The number of nitrogens with zero attached hydrogens (tertiary/aromatic N) is 2. The summed E-state index contributed by atoms with van der Waals surface area (Å²) in [6, 6.07) is 3.10. The molecule has 2 N–H and O–H groups in total. The summed E-state index contributed by atoms with van der Waals surface area (Å²) in [6.45, 7) is 0.266. The number of carboxylic acid groups (broad SMARTS) is 1. The third kappa shape index (κ3) is 5.69. The monoisotopic (exact) mass is 367 g/mol. The molecule has 0 bridgehead atoms. The largest absolute Gasteiger partial charge is 0.481 e. The molecule has 0 radical (unpaired) electrons. The van der Waals surface area contributed by atoms with Gasteiger partial charge in [-0.1, -0.05) is 0 Å². The highest BCUT2D eigenvalue weighted by Gasteiger charge is 2.21. The van der Waals surface area contributed by atoms with Crippen LogP contribution in [-0.2, 0) is 20.7 Å². The number of carbonyl (C=O) groups excluding carboxylic acids is 2. The molecule has 25 heavy (non-hydrogen) atoms. The van der Waals surface area contributed by atoms with E-state index in [1.165, 1.54) is 24.3 Å². The van der Waals surface area contributed by atoms with Crippen molar-refractivity contribution in [1.82, 2.24) is 9.88 Å². The average Bonchev–Trinajstić information content (AvgIpc) is 3.22. The molecule has 10 heteroatoms. The highest BCUT2D eigenvalue weighted by atomic mass is 32.1. The number of nitrogens with one attached hydrogen (secondary N) is 1. The van der Waals surface area contributed by atoms with Crippen molar-refractivity contribution in [3.05, 3.63) is 35.2 Å². The molecule has 0 spiro atoms. The maximum absolute atomic E-state index is 12.3. The van der Waals surface area contributed by atoms with E-state index in [4.69, 9.17) is 14.3 Å². The number of aromatic nitrogens is 1. The Morgan fingerprint density at radius 1 is 1.44 bits per heavy atom. The maximum Gasteiger partial charge on any atom is 0.309 e. The molecule has 0 unspecified atom stereocenters. The number of hydrogen-bond acceptors (Lipinski definition) is 7. The highest BCUT2D eigenvalue weighted by molar-refractivity contribution is 7.13. The Balaban J connectivity index is 1.97. The van der Waals surface area contributed by atoms with Crippen molar-refractivity contribution >= 4 is 34.3 Å². The minimum Gasteiger partial charge on any atom is -0.481 e. The molecule has 9 nitrogen and oxygen atoms in total. The van der Waals surface area contributed by atoms with Crippen molar-refractivity contribution in [3.63, 3.8) is 0 Å². The topological polar surface area (TPSA) is 122 Å². The fourth-order valence-corrected chi connectivity index (χ4v) is 2.67. The van der Waals surface area contributed by atoms with Crippen LogP contribution >= 0.6 is 11.3 Å². The molecule has 0 aliphatic carbocycles. The van der Waals surface area contributed by atoms with Crippen LogP contribution in [0.2, 0.25) is 0 Å². The zero-order valence-corrected chi connectivity index (χ0v) is 14.2. The number of methoxy groups -OCH3 is 1. The van der Waals surface area contributed by atoms with E-state index in [2.05, 4.69) is 10.3 Å². The molecule has 2 heterocycles. The van der Waals surface area contributed by atoms with Crippen molar-refractivity contribution in [1.29, 1.82) is 0 Å². The van der Waals surface area contributed by atoms with E-state index in [0.29, 0.717) is 5.69 Å². The van der Waals surface area contributed by atoms with Crippen LogP contribution < -0.4 is 5.32 Å². The summed E-state index contributed by atoms with van der Waals surface area (Å²) in [5.41, 5.74) is 0.357. The van der Waals surface area contributed by atoms with E-state index in [0.717, 1.165) is 11.3 Å². The fourth-order valence-electron chi connectivity index (χ4n) is 1.94. The Morgan fingerprint density at radius 3 is 2.88 bits per heavy atom. The molecule has 0 aliphatic rings. The smallest absolute Gasteiger partial charge is 0.309 e. The first-order valence-corrected chi connectivity index (χ1v) is 8.15. The van der Waals surface area contributed by atoms with Gasteiger partial charge in [-0.05, 0) is 12.1 Å². The SMILES string of the molecule is COCCN(CC(=O)Nc1nc(CC(=O)O)cs1)C(=O)c1ccco1. The van der Waals surface area contributed by atoms with E-state index in [1.807, 2.05) is 0 Å². The van der Waals surface area contributed by atoms with Gasteiger partial charge in [-0.25, -0.2) is 4.98 Å². The van der Waals surface area contributed by atoms with Gasteiger partial charge in [0.1, 0.15) is 6.54 Å². The summed E-state index contributed by atoms with van der Waals surface area (Å²) < 4.78 is 10.0. The number of anilines is 1. The van der Waals surface area contributed by atoms with Crippen LogP contribution in [0.5, 0.6) is 0 Å². The highest BCUT2D eigenvalue weighted by Crippen LogP contribution is 2.16. The Labute approximate surface area is 147 Å². The summed E-state index contributed by atoms with van der Waals surface area (Å²) in [4.78, 5) is 40.5. The predicted octanol–water partition coefficient (Wildman–Crippen LogP) is 1.09. The van der Waals surface area contributed by atoms with E-state index < -0.39 is 17.8 Å². The Morgan fingerprint density at radius 2 is 2.24 bits per heavy atom. The van der Waals surface area contributed by atoms with Gasteiger partial charge >= 0.3 is 5.97 Å². The molecule has 2 aromatic heterocycles. The van der Waals surface area contributed by atoms with Gasteiger partial charge in [0.25, 0.3) is 5.91 Å². The molecule has 0 aliphatic heterocycles. The lowest BCUT2D eigenvalue weighted by atomic mass is 10.3. The van der Waals surface area contributed by atoms with E-state index in [-0.39, 0.29) is 37.0 Å². The minimum atomic E-state index is -1.00. The second kappa shape index (κ2) is 8.94. The Kier molecular flexibility index (Phi) is 6.66. The quantitative estimate of drug-likeness (QED) is 0.680. The molecule has 0 saturated heterocycles. The zero-order chi connectivity index (χ0) is 18.2. The average molecular weight is 367 g/mol. The summed E-state index contributed by atoms with van der Waals surface area (Å²) in [5.74, 6) is -1.75. The van der Waals surface area contributed by atoms with Gasteiger partial charge in [-0.3, -0.25) is 14.4 Å². The van der Waals surface area contributed by atoms with Gasteiger partial charge in [0.2, 0.25) is 5.91 Å². The van der Waals surface area contributed by atoms with Crippen LogP contribution in [0.25, 0.3) is 0 Å². The third-order valence-electron chi connectivity index (χ3n) is 3.05. The lowest BCUT2D eigenvalue weighted by molar-refractivity contribution is -0.136. The van der Waals surface area contributed by atoms with Crippen molar-refractivity contribution in [2.24, 2.45) is 0 Å². The number of ether oxygens (including phenoxy) is 1. The fraction of sp³-hybridized carbons (Fsp3) is 0.333. The number of carboxylic acids is 1. The van der Waals surface area contributed by atoms with Crippen molar-refractivity contribution in [2.75, 3.05) is 32.1 Å². The van der Waals surface area contributed by atoms with Crippen LogP contribution in [0.3, 0.4) is 0 Å². The zero-order valence-electron chi connectivity index (χ0n) is 13.4. The standard InChI is InChI=1S/C15H17N3O6S/c1-23-6-4-18(14(22)11-3-2-5-24-11)8-12(19)17-15-16-10(9-25-15)7-13(20)21/h2-3,5,9H,4,6-8H2,1H3,(H,20,21)(H,16,17,19). The molecule has 0 fully saturated rings. The number of furan rings is 1. The number of thiazole rings is 1. The number of aliphatic carboxylic acids is 1. The number of amides is 2. The van der Waals surface area contributed by atoms with Crippen LogP contribution in [0, 0.1) is 0 Å². The summed E-state index contributed by atoms with van der Waals surface area (Å²) >= 11 is 1.12. The number of carbonyl (C=O) groups is 3. The molecule has 2 aromatic rings. The number of hydrogen-bond donors (Lipinski definition) is 2. The molecule has 0 saturated carbocycles. The lowest BCUT2D eigenvalue weighted by Crippen LogP contribution is -2.39. The van der Waals surface area contributed by atoms with Gasteiger partial charge in [-0.15, -0.1) is 11.3 Å². The molecule has 0 atom stereocenters. The first-order chi connectivity index (χ1) is 12.0. The normalized spacial score (nSPS) is 10.4. The van der Waals surface area contributed by atoms with E-state index in [1.54, 1.807) is 11.4 Å². The first-order valence-electron chi connectivity index (χ1n) is 7.27. The second-order valence-electron chi connectivity index (χ2n) is 4.96. The summed E-state index contributed by atoms with van der Waals surface area (Å²) in [7, 11) is 1.50. The van der Waals surface area contributed by atoms with E-state index in [9.17, 15) is 14.4 Å². The molecular formula is C15H17N3O6S. The van der Waals surface area contributed by atoms with Gasteiger partial charge in [0, 0.05) is 19.0 Å². The van der Waals surface area contributed by atoms with Crippen molar-refractivity contribution in [2.45, 2.75) is 6.42 Å². The van der Waals surface area contributed by atoms with Crippen LogP contribution in [0.4, 0.5) is 5.13 Å². The number of rotatable bonds is 9. The molecule has 0 aromatic carbocycles. The van der Waals surface area contributed by atoms with Crippen LogP contribution in [-0.4, -0.2) is 59.6 Å². The van der Waals surface area contributed by atoms with Crippen molar-refractivity contribution in [3.8, 4) is 0 Å². The van der Waals surface area contributed by atoms with Gasteiger partial charge in [0.15, 0.2) is 10.9 Å². The van der Waals surface area contributed by atoms with Gasteiger partial charge in [0.05, 0.1) is 25.0 Å². The third-order valence-corrected chi connectivity index (χ3v) is 3.86. The molecule has 2 amide bonds. The Hall–Kier alpha value is -2.72. The van der Waals surface area contributed by atoms with E-state index >= 15 is 0 Å². The Bertz CT molecular complexity index is 727. The lowest BCUT2D eigenvalue weighted by Gasteiger charge is -2.20. The predicted molar refractivity (Wildman–Crippen MR) is 88.6 cm³/mol. The molecule has 134 valence electrons. The summed E-state index contributed by atoms with van der Waals surface area (Å²) in [5, 5.41) is 13.1. The first kappa shape index (κ1) is 18.6. The molecular weight excluding hydrogens is 350 g/mol. The summed E-state index contributed by atoms with van der Waals surface area (Å²) in [6.07, 6.45) is 1.16. The molecule has 2 rings (SSSR count). The van der Waals surface area contributed by atoms with Crippen LogP contribution in [0.15, 0.2) is 28.2 Å². The van der Waals surface area contributed by atoms with Crippen LogP contribution in [0.1, 0.15) is 16.2 Å². The van der Waals surface area contributed by atoms with Gasteiger partial charge in [-0.2, -0.15) is 0 Å². The van der Waals surface area contributed by atoms with Crippen molar-refractivity contribution < 1.29 is 28.6 Å².